The molecule has 150 valence electrons. The first-order valence-corrected chi connectivity index (χ1v) is 9.52. The summed E-state index contributed by atoms with van der Waals surface area (Å²) in [5, 5.41) is 10.6. The summed E-state index contributed by atoms with van der Waals surface area (Å²) in [5.74, 6) is -0.955. The maximum absolute atomic E-state index is 12.5. The standard InChI is InChI=1S/C22H24N4O3/c1-29-22(28)19(15-18-11-6-3-7-12-18)23-21(27)20-16-26(25-24-20)14-8-13-17-9-4-2-5-10-17/h2-7,9-12,16,19H,8,13-15H2,1H3,(H,23,27)/t19-/m0/s1. The van der Waals surface area contributed by atoms with E-state index in [0.717, 1.165) is 18.4 Å². The number of hydrogen-bond donors (Lipinski definition) is 1. The van der Waals surface area contributed by atoms with Gasteiger partial charge in [-0.1, -0.05) is 65.9 Å². The Kier molecular flexibility index (Phi) is 7.10. The molecule has 1 atom stereocenters. The van der Waals surface area contributed by atoms with Gasteiger partial charge in [-0.3, -0.25) is 9.48 Å². The first-order chi connectivity index (χ1) is 14.2. The number of carbonyl (C=O) groups excluding carboxylic acids is 2. The van der Waals surface area contributed by atoms with E-state index in [0.29, 0.717) is 13.0 Å². The second-order valence-electron chi connectivity index (χ2n) is 6.69. The Morgan fingerprint density at radius 1 is 1.03 bits per heavy atom. The van der Waals surface area contributed by atoms with Crippen molar-refractivity contribution in [1.82, 2.24) is 20.3 Å². The fraction of sp³-hybridized carbons (Fsp3) is 0.273. The Hall–Kier alpha value is -3.48. The number of esters is 1. The van der Waals surface area contributed by atoms with Gasteiger partial charge in [0.15, 0.2) is 5.69 Å². The van der Waals surface area contributed by atoms with Crippen LogP contribution in [-0.2, 0) is 28.9 Å². The van der Waals surface area contributed by atoms with Crippen LogP contribution in [0.1, 0.15) is 28.0 Å². The fourth-order valence-electron chi connectivity index (χ4n) is 3.02. The van der Waals surface area contributed by atoms with Crippen LogP contribution >= 0.6 is 0 Å². The third kappa shape index (κ3) is 6.00. The molecule has 0 aliphatic rings. The molecule has 2 aromatic carbocycles. The van der Waals surface area contributed by atoms with E-state index >= 15 is 0 Å². The van der Waals surface area contributed by atoms with Crippen LogP contribution in [0, 0.1) is 0 Å². The van der Waals surface area contributed by atoms with E-state index in [9.17, 15) is 9.59 Å². The number of methoxy groups -OCH3 is 1. The molecular weight excluding hydrogens is 368 g/mol. The molecule has 0 radical (unpaired) electrons. The Morgan fingerprint density at radius 3 is 2.34 bits per heavy atom. The second-order valence-corrected chi connectivity index (χ2v) is 6.69. The normalized spacial score (nSPS) is 11.6. The molecule has 3 aromatic rings. The minimum Gasteiger partial charge on any atom is -0.467 e. The van der Waals surface area contributed by atoms with E-state index in [1.807, 2.05) is 48.5 Å². The monoisotopic (exact) mass is 392 g/mol. The SMILES string of the molecule is COC(=O)[C@H](Cc1ccccc1)NC(=O)c1cn(CCCc2ccccc2)nn1. The summed E-state index contributed by atoms with van der Waals surface area (Å²) in [6, 6.07) is 18.8. The molecule has 1 amide bonds. The van der Waals surface area contributed by atoms with Gasteiger partial charge in [0.1, 0.15) is 6.04 Å². The van der Waals surface area contributed by atoms with Gasteiger partial charge in [0, 0.05) is 13.0 Å². The largest absolute Gasteiger partial charge is 0.467 e. The van der Waals surface area contributed by atoms with Crippen molar-refractivity contribution in [3.63, 3.8) is 0 Å². The Morgan fingerprint density at radius 2 is 1.69 bits per heavy atom. The molecule has 3 rings (SSSR count). The third-order valence-corrected chi connectivity index (χ3v) is 4.54. The third-order valence-electron chi connectivity index (χ3n) is 4.54. The van der Waals surface area contributed by atoms with Crippen molar-refractivity contribution in [1.29, 1.82) is 0 Å². The second kappa shape index (κ2) is 10.2. The molecule has 0 saturated heterocycles. The van der Waals surface area contributed by atoms with E-state index in [2.05, 4.69) is 27.8 Å². The van der Waals surface area contributed by atoms with Crippen LogP contribution in [-0.4, -0.2) is 40.0 Å². The van der Waals surface area contributed by atoms with Gasteiger partial charge in [0.25, 0.3) is 5.91 Å². The van der Waals surface area contributed by atoms with E-state index in [1.165, 1.54) is 12.7 Å². The first kappa shape index (κ1) is 20.3. The molecular formula is C22H24N4O3. The number of aromatic nitrogens is 3. The van der Waals surface area contributed by atoms with E-state index in [4.69, 9.17) is 4.74 Å². The van der Waals surface area contributed by atoms with Gasteiger partial charge < -0.3 is 10.1 Å². The summed E-state index contributed by atoms with van der Waals surface area (Å²) in [4.78, 5) is 24.6. The van der Waals surface area contributed by atoms with Crippen molar-refractivity contribution in [2.45, 2.75) is 31.8 Å². The van der Waals surface area contributed by atoms with Crippen molar-refractivity contribution in [3.05, 3.63) is 83.7 Å². The molecule has 0 fully saturated rings. The number of ether oxygens (including phenoxy) is 1. The molecule has 0 aliphatic heterocycles. The van der Waals surface area contributed by atoms with Crippen LogP contribution in [0.2, 0.25) is 0 Å². The van der Waals surface area contributed by atoms with Gasteiger partial charge in [0.2, 0.25) is 0 Å². The quantitative estimate of drug-likeness (QED) is 0.565. The number of benzene rings is 2. The van der Waals surface area contributed by atoms with Gasteiger partial charge in [-0.15, -0.1) is 5.10 Å². The van der Waals surface area contributed by atoms with Gasteiger partial charge in [-0.2, -0.15) is 0 Å². The Labute approximate surface area is 169 Å². The van der Waals surface area contributed by atoms with Crippen LogP contribution in [0.15, 0.2) is 66.9 Å². The predicted molar refractivity (Wildman–Crippen MR) is 108 cm³/mol. The van der Waals surface area contributed by atoms with Crippen molar-refractivity contribution in [2.24, 2.45) is 0 Å². The molecule has 1 heterocycles. The summed E-state index contributed by atoms with van der Waals surface area (Å²) < 4.78 is 6.47. The van der Waals surface area contributed by atoms with Gasteiger partial charge in [0.05, 0.1) is 13.3 Å². The summed E-state index contributed by atoms with van der Waals surface area (Å²) in [6.45, 7) is 0.652. The summed E-state index contributed by atoms with van der Waals surface area (Å²) in [6.07, 6.45) is 3.73. The molecule has 7 heteroatoms. The van der Waals surface area contributed by atoms with Crippen LogP contribution < -0.4 is 5.32 Å². The lowest BCUT2D eigenvalue weighted by atomic mass is 10.1. The highest BCUT2D eigenvalue weighted by molar-refractivity contribution is 5.94. The van der Waals surface area contributed by atoms with Crippen molar-refractivity contribution >= 4 is 11.9 Å². The van der Waals surface area contributed by atoms with Gasteiger partial charge in [-0.25, -0.2) is 4.79 Å². The number of hydrogen-bond acceptors (Lipinski definition) is 5. The van der Waals surface area contributed by atoms with Gasteiger partial charge >= 0.3 is 5.97 Å². The lowest BCUT2D eigenvalue weighted by Gasteiger charge is -2.15. The zero-order valence-corrected chi connectivity index (χ0v) is 16.3. The highest BCUT2D eigenvalue weighted by atomic mass is 16.5. The lowest BCUT2D eigenvalue weighted by Crippen LogP contribution is -2.43. The number of amides is 1. The number of nitrogens with one attached hydrogen (secondary N) is 1. The summed E-state index contributed by atoms with van der Waals surface area (Å²) in [5.41, 5.74) is 2.35. The topological polar surface area (TPSA) is 86.1 Å². The maximum Gasteiger partial charge on any atom is 0.328 e. The number of aryl methyl sites for hydroxylation is 2. The molecule has 0 saturated carbocycles. The van der Waals surface area contributed by atoms with Crippen molar-refractivity contribution in [2.75, 3.05) is 7.11 Å². The zero-order valence-electron chi connectivity index (χ0n) is 16.3. The fourth-order valence-corrected chi connectivity index (χ4v) is 3.02. The predicted octanol–water partition coefficient (Wildman–Crippen LogP) is 2.43. The van der Waals surface area contributed by atoms with Crippen molar-refractivity contribution < 1.29 is 14.3 Å². The Balaban J connectivity index is 1.56. The molecule has 0 bridgehead atoms. The van der Waals surface area contributed by atoms with E-state index < -0.39 is 17.9 Å². The van der Waals surface area contributed by atoms with Gasteiger partial charge in [-0.05, 0) is 24.0 Å². The smallest absolute Gasteiger partial charge is 0.328 e. The van der Waals surface area contributed by atoms with E-state index in [-0.39, 0.29) is 5.69 Å². The van der Waals surface area contributed by atoms with E-state index in [1.54, 1.807) is 10.9 Å². The average molecular weight is 392 g/mol. The van der Waals surface area contributed by atoms with Crippen LogP contribution in [0.3, 0.4) is 0 Å². The van der Waals surface area contributed by atoms with Crippen molar-refractivity contribution in [3.8, 4) is 0 Å². The lowest BCUT2D eigenvalue weighted by molar-refractivity contribution is -0.142. The molecule has 1 N–H and O–H groups in total. The minimum atomic E-state index is -0.793. The molecule has 0 aliphatic carbocycles. The Bertz CT molecular complexity index is 926. The van der Waals surface area contributed by atoms with Crippen LogP contribution in [0.25, 0.3) is 0 Å². The maximum atomic E-state index is 12.5. The number of rotatable bonds is 9. The number of carbonyl (C=O) groups is 2. The molecule has 0 unspecified atom stereocenters. The molecule has 29 heavy (non-hydrogen) atoms. The minimum absolute atomic E-state index is 0.173. The molecule has 0 spiro atoms. The summed E-state index contributed by atoms with van der Waals surface area (Å²) in [7, 11) is 1.30. The van der Waals surface area contributed by atoms with Crippen LogP contribution in [0.4, 0.5) is 0 Å². The highest BCUT2D eigenvalue weighted by Crippen LogP contribution is 2.07. The number of nitrogens with zero attached hydrogens (tertiary/aromatic N) is 3. The highest BCUT2D eigenvalue weighted by Gasteiger charge is 2.24. The zero-order chi connectivity index (χ0) is 20.5. The van der Waals surface area contributed by atoms with Crippen LogP contribution in [0.5, 0.6) is 0 Å². The molecule has 7 nitrogen and oxygen atoms in total. The average Bonchev–Trinajstić information content (AvgIpc) is 3.23. The molecule has 1 aromatic heterocycles. The first-order valence-electron chi connectivity index (χ1n) is 9.52. The summed E-state index contributed by atoms with van der Waals surface area (Å²) >= 11 is 0.